The minimum atomic E-state index is -1.47. The van der Waals surface area contributed by atoms with Crippen molar-refractivity contribution < 1.29 is 19.4 Å². The molecule has 1 rings (SSSR count). The van der Waals surface area contributed by atoms with Crippen molar-refractivity contribution in [2.24, 2.45) is 4.99 Å². The molecule has 0 unspecified atom stereocenters. The van der Waals surface area contributed by atoms with Crippen LogP contribution in [-0.4, -0.2) is 37.5 Å². The molecule has 0 radical (unpaired) electrons. The maximum absolute atomic E-state index is 11.2. The minimum Gasteiger partial charge on any atom is -0.515 e. The third kappa shape index (κ3) is 1.68. The smallest absolute Gasteiger partial charge is 0.360 e. The van der Waals surface area contributed by atoms with E-state index in [1.54, 1.807) is 0 Å². The molecule has 0 saturated carbocycles. The Balaban J connectivity index is 2.94. The summed E-state index contributed by atoms with van der Waals surface area (Å²) < 4.78 is 9.66. The van der Waals surface area contributed by atoms with Crippen molar-refractivity contribution in [2.45, 2.75) is 6.03 Å². The zero-order chi connectivity index (χ0) is 9.90. The number of carbonyl (C=O) groups excluding carboxylic acids is 1. The van der Waals surface area contributed by atoms with Gasteiger partial charge in [-0.1, -0.05) is 0 Å². The highest BCUT2D eigenvalue weighted by Crippen LogP contribution is 2.13. The zero-order valence-corrected chi connectivity index (χ0v) is 7.27. The summed E-state index contributed by atoms with van der Waals surface area (Å²) in [5.74, 6) is -0.513. The molecule has 6 heteroatoms. The van der Waals surface area contributed by atoms with E-state index in [1.165, 1.54) is 20.4 Å². The van der Waals surface area contributed by atoms with Gasteiger partial charge in [0.25, 0.3) is 5.91 Å². The van der Waals surface area contributed by atoms with Crippen LogP contribution < -0.4 is 5.32 Å². The van der Waals surface area contributed by atoms with Crippen LogP contribution in [0.4, 0.5) is 0 Å². The number of aliphatic hydroxyl groups is 1. The molecule has 0 aromatic rings. The fraction of sp³-hybridized carbons (Fsp3) is 0.429. The summed E-state index contributed by atoms with van der Waals surface area (Å²) in [6, 6.07) is -1.47. The minimum absolute atomic E-state index is 0.0460. The highest BCUT2D eigenvalue weighted by atomic mass is 16.7. The van der Waals surface area contributed by atoms with Crippen molar-refractivity contribution in [3.8, 4) is 0 Å². The van der Waals surface area contributed by atoms with Crippen LogP contribution in [0.5, 0.6) is 0 Å². The van der Waals surface area contributed by atoms with Gasteiger partial charge in [0.1, 0.15) is 0 Å². The van der Waals surface area contributed by atoms with Gasteiger partial charge in [-0.15, -0.1) is 0 Å². The fourth-order valence-electron chi connectivity index (χ4n) is 0.844. The molecule has 13 heavy (non-hydrogen) atoms. The molecule has 0 spiro atoms. The lowest BCUT2D eigenvalue weighted by atomic mass is 10.3. The van der Waals surface area contributed by atoms with E-state index in [-0.39, 0.29) is 5.57 Å². The van der Waals surface area contributed by atoms with Crippen molar-refractivity contribution in [2.75, 3.05) is 14.2 Å². The van der Waals surface area contributed by atoms with E-state index in [4.69, 9.17) is 14.6 Å². The van der Waals surface area contributed by atoms with E-state index in [2.05, 4.69) is 10.3 Å². The molecule has 1 aliphatic rings. The standard InChI is InChI=1S/C7H10N2O4/c1-12-7(13-2)8-3-5(4-10)6(11)9-7/h3-4,10H,1-2H3,(H,9,11)/b5-4+. The largest absolute Gasteiger partial charge is 0.515 e. The number of amides is 1. The van der Waals surface area contributed by atoms with Crippen LogP contribution in [0, 0.1) is 0 Å². The normalized spacial score (nSPS) is 23.2. The van der Waals surface area contributed by atoms with Gasteiger partial charge in [0, 0.05) is 20.4 Å². The Bertz CT molecular complexity index is 268. The maximum Gasteiger partial charge on any atom is 0.360 e. The van der Waals surface area contributed by atoms with Crippen LogP contribution in [0.15, 0.2) is 16.8 Å². The molecule has 1 aliphatic heterocycles. The number of carbonyl (C=O) groups is 1. The van der Waals surface area contributed by atoms with Crippen molar-refractivity contribution in [1.82, 2.24) is 5.32 Å². The molecule has 2 N–H and O–H groups in total. The number of rotatable bonds is 2. The average Bonchev–Trinajstić information content (AvgIpc) is 2.17. The quantitative estimate of drug-likeness (QED) is 0.347. The van der Waals surface area contributed by atoms with E-state index in [0.29, 0.717) is 6.26 Å². The van der Waals surface area contributed by atoms with Crippen LogP contribution in [0.3, 0.4) is 0 Å². The molecular weight excluding hydrogens is 176 g/mol. The third-order valence-corrected chi connectivity index (χ3v) is 1.60. The number of hydrogen-bond donors (Lipinski definition) is 2. The van der Waals surface area contributed by atoms with Crippen molar-refractivity contribution >= 4 is 12.1 Å². The van der Waals surface area contributed by atoms with Gasteiger partial charge in [-0.25, -0.2) is 4.99 Å². The van der Waals surface area contributed by atoms with Crippen molar-refractivity contribution in [3.05, 3.63) is 11.8 Å². The second kappa shape index (κ2) is 3.55. The third-order valence-electron chi connectivity index (χ3n) is 1.60. The Morgan fingerprint density at radius 2 is 2.23 bits per heavy atom. The predicted octanol–water partition coefficient (Wildman–Crippen LogP) is -0.467. The molecule has 0 fully saturated rings. The Labute approximate surface area is 74.9 Å². The van der Waals surface area contributed by atoms with Gasteiger partial charge in [0.2, 0.25) is 0 Å². The first-order chi connectivity index (χ1) is 6.17. The second-order valence-electron chi connectivity index (χ2n) is 2.29. The zero-order valence-electron chi connectivity index (χ0n) is 7.27. The molecule has 0 aliphatic carbocycles. The Kier molecular flexibility index (Phi) is 2.64. The Hall–Kier alpha value is -1.40. The Morgan fingerprint density at radius 1 is 1.62 bits per heavy atom. The predicted molar refractivity (Wildman–Crippen MR) is 44.1 cm³/mol. The molecule has 0 atom stereocenters. The summed E-state index contributed by atoms with van der Waals surface area (Å²) in [6.07, 6.45) is 1.83. The molecule has 1 heterocycles. The van der Waals surface area contributed by atoms with Crippen LogP contribution in [0.2, 0.25) is 0 Å². The summed E-state index contributed by atoms with van der Waals surface area (Å²) in [5.41, 5.74) is 0.0460. The van der Waals surface area contributed by atoms with E-state index in [1.807, 2.05) is 0 Å². The van der Waals surface area contributed by atoms with Gasteiger partial charge in [-0.05, 0) is 0 Å². The summed E-state index contributed by atoms with van der Waals surface area (Å²) >= 11 is 0. The van der Waals surface area contributed by atoms with Gasteiger partial charge < -0.3 is 14.6 Å². The fourth-order valence-corrected chi connectivity index (χ4v) is 0.844. The van der Waals surface area contributed by atoms with Crippen molar-refractivity contribution in [3.63, 3.8) is 0 Å². The summed E-state index contributed by atoms with van der Waals surface area (Å²) in [7, 11) is 2.68. The summed E-state index contributed by atoms with van der Waals surface area (Å²) in [6.45, 7) is 0. The lowest BCUT2D eigenvalue weighted by Gasteiger charge is -2.29. The maximum atomic E-state index is 11.2. The number of aliphatic imine (C=N–C) groups is 1. The van der Waals surface area contributed by atoms with Gasteiger partial charge in [-0.3, -0.25) is 10.1 Å². The number of hydrogen-bond acceptors (Lipinski definition) is 5. The van der Waals surface area contributed by atoms with Gasteiger partial charge in [0.15, 0.2) is 0 Å². The SMILES string of the molecule is COC1(OC)N=C/C(=C\O)C(=O)N1. The van der Waals surface area contributed by atoms with E-state index >= 15 is 0 Å². The van der Waals surface area contributed by atoms with Crippen molar-refractivity contribution in [1.29, 1.82) is 0 Å². The lowest BCUT2D eigenvalue weighted by molar-refractivity contribution is -0.220. The molecule has 0 aromatic heterocycles. The lowest BCUT2D eigenvalue weighted by Crippen LogP contribution is -2.53. The molecule has 0 bridgehead atoms. The first-order valence-corrected chi connectivity index (χ1v) is 3.50. The molecule has 6 nitrogen and oxygen atoms in total. The number of ether oxygens (including phenoxy) is 2. The van der Waals surface area contributed by atoms with E-state index in [9.17, 15) is 4.79 Å². The first kappa shape index (κ1) is 9.69. The van der Waals surface area contributed by atoms with Crippen LogP contribution >= 0.6 is 0 Å². The second-order valence-corrected chi connectivity index (χ2v) is 2.29. The monoisotopic (exact) mass is 186 g/mol. The average molecular weight is 186 g/mol. The van der Waals surface area contributed by atoms with Crippen LogP contribution in [-0.2, 0) is 14.3 Å². The number of nitrogens with zero attached hydrogens (tertiary/aromatic N) is 1. The summed E-state index contributed by atoms with van der Waals surface area (Å²) in [4.78, 5) is 14.9. The highest BCUT2D eigenvalue weighted by molar-refractivity contribution is 6.13. The van der Waals surface area contributed by atoms with Gasteiger partial charge in [0.05, 0.1) is 11.8 Å². The molecule has 0 saturated heterocycles. The van der Waals surface area contributed by atoms with E-state index < -0.39 is 11.9 Å². The molecular formula is C7H10N2O4. The van der Waals surface area contributed by atoms with Crippen LogP contribution in [0.25, 0.3) is 0 Å². The number of methoxy groups -OCH3 is 2. The molecule has 72 valence electrons. The van der Waals surface area contributed by atoms with Gasteiger partial charge in [-0.2, -0.15) is 0 Å². The van der Waals surface area contributed by atoms with E-state index in [0.717, 1.165) is 0 Å². The summed E-state index contributed by atoms with van der Waals surface area (Å²) in [5, 5.41) is 10.9. The topological polar surface area (TPSA) is 80.2 Å². The number of nitrogens with one attached hydrogen (secondary N) is 1. The highest BCUT2D eigenvalue weighted by Gasteiger charge is 2.35. The number of aliphatic hydroxyl groups excluding tert-OH is 1. The van der Waals surface area contributed by atoms with Crippen LogP contribution in [0.1, 0.15) is 0 Å². The molecule has 0 aromatic carbocycles. The molecule has 1 amide bonds. The Morgan fingerprint density at radius 3 is 2.62 bits per heavy atom. The first-order valence-electron chi connectivity index (χ1n) is 3.50. The van der Waals surface area contributed by atoms with Gasteiger partial charge >= 0.3 is 6.03 Å².